The van der Waals surface area contributed by atoms with Gasteiger partial charge in [0.25, 0.3) is 0 Å². The number of likely N-dealkylation sites (N-methyl/N-ethyl adjacent to an activating group) is 1. The molecule has 1 aliphatic heterocycles. The Morgan fingerprint density at radius 2 is 2.10 bits per heavy atom. The fourth-order valence-corrected chi connectivity index (χ4v) is 3.00. The minimum atomic E-state index is -0.559. The molecule has 0 amide bonds. The second-order valence-corrected chi connectivity index (χ2v) is 6.36. The minimum absolute atomic E-state index is 0.466. The molecule has 0 saturated carbocycles. The van der Waals surface area contributed by atoms with Gasteiger partial charge in [-0.25, -0.2) is 0 Å². The van der Waals surface area contributed by atoms with Crippen LogP contribution in [0.25, 0.3) is 0 Å². The Hall–Kier alpha value is -0.320. The van der Waals surface area contributed by atoms with Crippen LogP contribution in [-0.2, 0) is 0 Å². The molecular weight excluding hydrogens is 295 g/mol. The van der Waals surface area contributed by atoms with E-state index in [9.17, 15) is 5.11 Å². The molecule has 0 aliphatic carbocycles. The van der Waals surface area contributed by atoms with Crippen LogP contribution in [0.2, 0.25) is 10.0 Å². The Bertz CT molecular complexity index is 455. The van der Waals surface area contributed by atoms with Crippen LogP contribution in [0.3, 0.4) is 0 Å². The number of aliphatic hydroxyl groups excluding tert-OH is 1. The van der Waals surface area contributed by atoms with E-state index in [-0.39, 0.29) is 0 Å². The first kappa shape index (κ1) is 16.1. The van der Waals surface area contributed by atoms with Crippen molar-refractivity contribution in [3.63, 3.8) is 0 Å². The van der Waals surface area contributed by atoms with Gasteiger partial charge in [-0.3, -0.25) is 0 Å². The maximum atomic E-state index is 10.3. The Labute approximate surface area is 131 Å². The SMILES string of the molecule is CC1CN(CCC(O)c2cccc(Cl)c2Cl)CCN1C. The number of benzene rings is 1. The van der Waals surface area contributed by atoms with Gasteiger partial charge in [0.15, 0.2) is 0 Å². The van der Waals surface area contributed by atoms with Gasteiger partial charge in [-0.05, 0) is 26.5 Å². The largest absolute Gasteiger partial charge is 0.388 e. The lowest BCUT2D eigenvalue weighted by atomic mass is 10.1. The summed E-state index contributed by atoms with van der Waals surface area (Å²) in [7, 11) is 2.16. The lowest BCUT2D eigenvalue weighted by molar-refractivity contribution is 0.0839. The maximum absolute atomic E-state index is 10.3. The van der Waals surface area contributed by atoms with Gasteiger partial charge in [0.1, 0.15) is 0 Å². The van der Waals surface area contributed by atoms with E-state index in [1.165, 1.54) is 0 Å². The molecule has 3 nitrogen and oxygen atoms in total. The van der Waals surface area contributed by atoms with Crippen LogP contribution < -0.4 is 0 Å². The van der Waals surface area contributed by atoms with Crippen LogP contribution in [-0.4, -0.2) is 54.2 Å². The van der Waals surface area contributed by atoms with Crippen molar-refractivity contribution in [1.82, 2.24) is 9.80 Å². The zero-order valence-electron chi connectivity index (χ0n) is 12.0. The summed E-state index contributed by atoms with van der Waals surface area (Å²) in [5.41, 5.74) is 0.723. The Morgan fingerprint density at radius 3 is 2.80 bits per heavy atom. The third-order valence-electron chi connectivity index (χ3n) is 4.10. The first-order valence-corrected chi connectivity index (χ1v) is 7.79. The number of hydrogen-bond acceptors (Lipinski definition) is 3. The summed E-state index contributed by atoms with van der Waals surface area (Å²) in [6.07, 6.45) is 0.118. The molecule has 1 aliphatic rings. The summed E-state index contributed by atoms with van der Waals surface area (Å²) in [6.45, 7) is 6.29. The predicted molar refractivity (Wildman–Crippen MR) is 84.6 cm³/mol. The molecule has 1 fully saturated rings. The third kappa shape index (κ3) is 3.86. The number of halogens is 2. The molecule has 5 heteroatoms. The lowest BCUT2D eigenvalue weighted by Gasteiger charge is -2.38. The van der Waals surface area contributed by atoms with Crippen LogP contribution in [0, 0.1) is 0 Å². The van der Waals surface area contributed by atoms with Crippen LogP contribution in [0.15, 0.2) is 18.2 Å². The standard InChI is InChI=1S/C15H22Cl2N2O/c1-11-10-19(9-8-18(11)2)7-6-14(20)12-4-3-5-13(16)15(12)17/h3-5,11,14,20H,6-10H2,1-2H3. The average Bonchev–Trinajstić information content (AvgIpc) is 2.43. The number of nitrogens with zero attached hydrogens (tertiary/aromatic N) is 2. The molecule has 1 aromatic rings. The van der Waals surface area contributed by atoms with E-state index in [1.54, 1.807) is 6.07 Å². The van der Waals surface area contributed by atoms with Gasteiger partial charge in [0, 0.05) is 37.8 Å². The normalized spacial score (nSPS) is 22.9. The molecule has 1 heterocycles. The van der Waals surface area contributed by atoms with E-state index in [4.69, 9.17) is 23.2 Å². The molecule has 0 bridgehead atoms. The first-order valence-electron chi connectivity index (χ1n) is 7.03. The molecule has 20 heavy (non-hydrogen) atoms. The van der Waals surface area contributed by atoms with Crippen LogP contribution in [0.4, 0.5) is 0 Å². The molecule has 0 spiro atoms. The molecule has 1 N–H and O–H groups in total. The Balaban J connectivity index is 1.89. The van der Waals surface area contributed by atoms with Crippen molar-refractivity contribution in [2.75, 3.05) is 33.2 Å². The third-order valence-corrected chi connectivity index (χ3v) is 4.94. The lowest BCUT2D eigenvalue weighted by Crippen LogP contribution is -2.50. The summed E-state index contributed by atoms with van der Waals surface area (Å²) in [6, 6.07) is 5.97. The van der Waals surface area contributed by atoms with E-state index >= 15 is 0 Å². The molecule has 1 saturated heterocycles. The fraction of sp³-hybridized carbons (Fsp3) is 0.600. The number of hydrogen-bond donors (Lipinski definition) is 1. The highest BCUT2D eigenvalue weighted by Crippen LogP contribution is 2.31. The van der Waals surface area contributed by atoms with Gasteiger partial charge in [-0.1, -0.05) is 35.3 Å². The van der Waals surface area contributed by atoms with Crippen molar-refractivity contribution < 1.29 is 5.11 Å². The van der Waals surface area contributed by atoms with Crippen LogP contribution >= 0.6 is 23.2 Å². The highest BCUT2D eigenvalue weighted by molar-refractivity contribution is 6.42. The van der Waals surface area contributed by atoms with Crippen molar-refractivity contribution in [1.29, 1.82) is 0 Å². The van der Waals surface area contributed by atoms with E-state index in [1.807, 2.05) is 12.1 Å². The maximum Gasteiger partial charge on any atom is 0.0817 e. The first-order chi connectivity index (χ1) is 9.49. The number of piperazine rings is 1. The van der Waals surface area contributed by atoms with Crippen molar-refractivity contribution in [2.45, 2.75) is 25.5 Å². The smallest absolute Gasteiger partial charge is 0.0817 e. The zero-order valence-corrected chi connectivity index (χ0v) is 13.5. The molecule has 0 aromatic heterocycles. The molecular formula is C15H22Cl2N2O. The van der Waals surface area contributed by atoms with E-state index in [0.29, 0.717) is 22.5 Å². The van der Waals surface area contributed by atoms with Gasteiger partial charge in [0.2, 0.25) is 0 Å². The predicted octanol–water partition coefficient (Wildman–Crippen LogP) is 3.05. The summed E-state index contributed by atoms with van der Waals surface area (Å²) in [5.74, 6) is 0. The van der Waals surface area contributed by atoms with Crippen LogP contribution in [0.1, 0.15) is 25.0 Å². The average molecular weight is 317 g/mol. The van der Waals surface area contributed by atoms with Gasteiger partial charge in [-0.2, -0.15) is 0 Å². The Morgan fingerprint density at radius 1 is 1.35 bits per heavy atom. The molecule has 2 atom stereocenters. The second kappa shape index (κ2) is 7.10. The molecule has 1 aromatic carbocycles. The summed E-state index contributed by atoms with van der Waals surface area (Å²) >= 11 is 12.1. The van der Waals surface area contributed by atoms with Crippen molar-refractivity contribution in [3.8, 4) is 0 Å². The Kier molecular flexibility index (Phi) is 5.70. The van der Waals surface area contributed by atoms with Crippen molar-refractivity contribution in [3.05, 3.63) is 33.8 Å². The zero-order chi connectivity index (χ0) is 14.7. The van der Waals surface area contributed by atoms with Crippen molar-refractivity contribution >= 4 is 23.2 Å². The topological polar surface area (TPSA) is 26.7 Å². The molecule has 2 rings (SSSR count). The summed E-state index contributed by atoms with van der Waals surface area (Å²) in [4.78, 5) is 4.76. The van der Waals surface area contributed by atoms with Crippen molar-refractivity contribution in [2.24, 2.45) is 0 Å². The minimum Gasteiger partial charge on any atom is -0.388 e. The summed E-state index contributed by atoms with van der Waals surface area (Å²) in [5, 5.41) is 11.3. The highest BCUT2D eigenvalue weighted by atomic mass is 35.5. The van der Waals surface area contributed by atoms with Gasteiger partial charge in [0.05, 0.1) is 16.1 Å². The van der Waals surface area contributed by atoms with Crippen LogP contribution in [0.5, 0.6) is 0 Å². The van der Waals surface area contributed by atoms with E-state index < -0.39 is 6.10 Å². The highest BCUT2D eigenvalue weighted by Gasteiger charge is 2.21. The summed E-state index contributed by atoms with van der Waals surface area (Å²) < 4.78 is 0. The molecule has 2 unspecified atom stereocenters. The number of aliphatic hydroxyl groups is 1. The second-order valence-electron chi connectivity index (χ2n) is 5.58. The fourth-order valence-electron chi connectivity index (χ4n) is 2.57. The van der Waals surface area contributed by atoms with Gasteiger partial charge >= 0.3 is 0 Å². The van der Waals surface area contributed by atoms with Gasteiger partial charge in [-0.15, -0.1) is 0 Å². The van der Waals surface area contributed by atoms with E-state index in [2.05, 4.69) is 23.8 Å². The van der Waals surface area contributed by atoms with Gasteiger partial charge < -0.3 is 14.9 Å². The quantitative estimate of drug-likeness (QED) is 0.925. The monoisotopic (exact) mass is 316 g/mol. The molecule has 112 valence electrons. The molecule has 0 radical (unpaired) electrons. The van der Waals surface area contributed by atoms with E-state index in [0.717, 1.165) is 31.7 Å². The number of rotatable bonds is 4.